The van der Waals surface area contributed by atoms with Gasteiger partial charge in [0.1, 0.15) is 6.10 Å². The number of aliphatic hydroxyl groups excluding tert-OH is 1. The summed E-state index contributed by atoms with van der Waals surface area (Å²) < 4.78 is 11.1. The van der Waals surface area contributed by atoms with Crippen LogP contribution in [-0.4, -0.2) is 37.0 Å². The molecule has 0 aromatic rings. The molecule has 4 nitrogen and oxygen atoms in total. The zero-order chi connectivity index (χ0) is 35.6. The van der Waals surface area contributed by atoms with E-state index in [1.165, 1.54) is 57.8 Å². The maximum Gasteiger partial charge on any atom is 0.306 e. The Morgan fingerprint density at radius 1 is 0.490 bits per heavy atom. The molecule has 0 spiro atoms. The van der Waals surface area contributed by atoms with E-state index in [0.29, 0.717) is 13.0 Å². The van der Waals surface area contributed by atoms with E-state index in [-0.39, 0.29) is 19.2 Å². The first-order valence-corrected chi connectivity index (χ1v) is 19.8. The predicted molar refractivity (Wildman–Crippen MR) is 214 cm³/mol. The van der Waals surface area contributed by atoms with Crippen molar-refractivity contribution in [2.45, 2.75) is 161 Å². The van der Waals surface area contributed by atoms with E-state index in [1.807, 2.05) is 0 Å². The lowest BCUT2D eigenvalue weighted by molar-refractivity contribution is -0.154. The van der Waals surface area contributed by atoms with Crippen LogP contribution in [0, 0.1) is 0 Å². The first kappa shape index (κ1) is 46.3. The zero-order valence-electron chi connectivity index (χ0n) is 31.7. The molecule has 49 heavy (non-hydrogen) atoms. The summed E-state index contributed by atoms with van der Waals surface area (Å²) in [5.74, 6) is -0.229. The molecule has 1 atom stereocenters. The fourth-order valence-corrected chi connectivity index (χ4v) is 5.03. The van der Waals surface area contributed by atoms with Crippen LogP contribution in [0.25, 0.3) is 0 Å². The van der Waals surface area contributed by atoms with E-state index in [0.717, 1.165) is 77.0 Å². The van der Waals surface area contributed by atoms with Gasteiger partial charge >= 0.3 is 5.97 Å². The molecule has 0 amide bonds. The molecule has 4 heteroatoms. The number of unbranched alkanes of at least 4 members (excludes halogenated alkanes) is 11. The summed E-state index contributed by atoms with van der Waals surface area (Å²) in [6.07, 6.45) is 59.0. The van der Waals surface area contributed by atoms with Gasteiger partial charge in [0.05, 0.1) is 13.2 Å². The van der Waals surface area contributed by atoms with Crippen LogP contribution in [0.15, 0.2) is 97.2 Å². The summed E-state index contributed by atoms with van der Waals surface area (Å²) >= 11 is 0. The van der Waals surface area contributed by atoms with Gasteiger partial charge in [-0.3, -0.25) is 4.79 Å². The maximum absolute atomic E-state index is 12.2. The van der Waals surface area contributed by atoms with Crippen molar-refractivity contribution in [3.63, 3.8) is 0 Å². The first-order valence-electron chi connectivity index (χ1n) is 19.8. The molecule has 1 N–H and O–H groups in total. The average Bonchev–Trinajstić information content (AvgIpc) is 3.11. The summed E-state index contributed by atoms with van der Waals surface area (Å²) in [5, 5.41) is 9.57. The van der Waals surface area contributed by atoms with Gasteiger partial charge in [-0.1, -0.05) is 162 Å². The summed E-state index contributed by atoms with van der Waals surface area (Å²) in [5.41, 5.74) is 0. The van der Waals surface area contributed by atoms with Gasteiger partial charge in [-0.25, -0.2) is 0 Å². The summed E-state index contributed by atoms with van der Waals surface area (Å²) in [4.78, 5) is 12.2. The van der Waals surface area contributed by atoms with Crippen LogP contribution in [0.3, 0.4) is 0 Å². The highest BCUT2D eigenvalue weighted by Crippen LogP contribution is 2.13. The Bertz CT molecular complexity index is 934. The first-order chi connectivity index (χ1) is 24.2. The van der Waals surface area contributed by atoms with Crippen LogP contribution in [0.1, 0.15) is 155 Å². The van der Waals surface area contributed by atoms with Crippen molar-refractivity contribution in [3.8, 4) is 0 Å². The minimum atomic E-state index is -0.571. The highest BCUT2D eigenvalue weighted by Gasteiger charge is 2.13. The van der Waals surface area contributed by atoms with Crippen LogP contribution in [0.5, 0.6) is 0 Å². The maximum atomic E-state index is 12.2. The number of hydrogen-bond donors (Lipinski definition) is 1. The number of ether oxygens (including phenoxy) is 2. The zero-order valence-corrected chi connectivity index (χ0v) is 31.7. The fraction of sp³-hybridized carbons (Fsp3) is 0.622. The van der Waals surface area contributed by atoms with Gasteiger partial charge in [-0.2, -0.15) is 0 Å². The van der Waals surface area contributed by atoms with Gasteiger partial charge in [0.15, 0.2) is 0 Å². The van der Waals surface area contributed by atoms with Crippen molar-refractivity contribution in [3.05, 3.63) is 97.2 Å². The number of carbonyl (C=O) groups excluding carboxylic acids is 1. The monoisotopic (exact) mass is 679 g/mol. The predicted octanol–water partition coefficient (Wildman–Crippen LogP) is 13.0. The Labute approximate surface area is 302 Å². The Kier molecular flexibility index (Phi) is 39.2. The summed E-state index contributed by atoms with van der Waals surface area (Å²) in [6, 6.07) is 0. The highest BCUT2D eigenvalue weighted by atomic mass is 16.6. The van der Waals surface area contributed by atoms with Crippen molar-refractivity contribution in [2.24, 2.45) is 0 Å². The second-order valence-electron chi connectivity index (χ2n) is 12.6. The lowest BCUT2D eigenvalue weighted by atomic mass is 10.0. The second-order valence-corrected chi connectivity index (χ2v) is 12.6. The quantitative estimate of drug-likeness (QED) is 0.0412. The van der Waals surface area contributed by atoms with Crippen molar-refractivity contribution >= 4 is 5.97 Å². The third-order valence-electron chi connectivity index (χ3n) is 7.90. The molecule has 1 unspecified atom stereocenters. The molecule has 0 saturated heterocycles. The molecule has 278 valence electrons. The molecule has 0 saturated carbocycles. The number of rotatable bonds is 35. The Morgan fingerprint density at radius 2 is 0.857 bits per heavy atom. The Balaban J connectivity index is 3.54. The molecule has 0 aromatic heterocycles. The van der Waals surface area contributed by atoms with E-state index in [9.17, 15) is 9.90 Å². The molecular weight excluding hydrogens is 604 g/mol. The lowest BCUT2D eigenvalue weighted by Crippen LogP contribution is -2.27. The number of esters is 1. The molecular formula is C45H74O4. The summed E-state index contributed by atoms with van der Waals surface area (Å²) in [6.45, 7) is 4.96. The smallest absolute Gasteiger partial charge is 0.306 e. The largest absolute Gasteiger partial charge is 0.457 e. The van der Waals surface area contributed by atoms with Gasteiger partial charge in [0.25, 0.3) is 0 Å². The van der Waals surface area contributed by atoms with Gasteiger partial charge in [-0.15, -0.1) is 0 Å². The van der Waals surface area contributed by atoms with Crippen molar-refractivity contribution < 1.29 is 19.4 Å². The van der Waals surface area contributed by atoms with E-state index in [1.54, 1.807) is 0 Å². The Morgan fingerprint density at radius 3 is 1.29 bits per heavy atom. The van der Waals surface area contributed by atoms with E-state index in [4.69, 9.17) is 9.47 Å². The van der Waals surface area contributed by atoms with Crippen LogP contribution >= 0.6 is 0 Å². The molecule has 0 aliphatic rings. The Hall–Kier alpha value is -2.69. The third kappa shape index (κ3) is 39.6. The van der Waals surface area contributed by atoms with Crippen LogP contribution in [-0.2, 0) is 14.3 Å². The van der Waals surface area contributed by atoms with Gasteiger partial charge in [0.2, 0.25) is 0 Å². The minimum absolute atomic E-state index is 0.201. The lowest BCUT2D eigenvalue weighted by Gasteiger charge is -2.15. The SMILES string of the molecule is CC/C=C\C/C=C\C/C=C\C/C=C\CCCCCCCCCCCCC(=O)OC(CO)COCCC/C=C\C/C=C\C/C=C\C/C=C\CC. The highest BCUT2D eigenvalue weighted by molar-refractivity contribution is 5.69. The van der Waals surface area contributed by atoms with E-state index < -0.39 is 6.10 Å². The van der Waals surface area contributed by atoms with Crippen LogP contribution in [0.4, 0.5) is 0 Å². The fourth-order valence-electron chi connectivity index (χ4n) is 5.03. The molecule has 0 aromatic carbocycles. The molecule has 0 radical (unpaired) electrons. The van der Waals surface area contributed by atoms with Gasteiger partial charge in [-0.05, 0) is 83.5 Å². The number of aliphatic hydroxyl groups is 1. The van der Waals surface area contributed by atoms with Crippen molar-refractivity contribution in [1.29, 1.82) is 0 Å². The minimum Gasteiger partial charge on any atom is -0.457 e. The average molecular weight is 679 g/mol. The molecule has 0 fully saturated rings. The topological polar surface area (TPSA) is 55.8 Å². The normalized spacial score (nSPS) is 13.4. The van der Waals surface area contributed by atoms with Crippen LogP contribution in [0.2, 0.25) is 0 Å². The number of carbonyl (C=O) groups is 1. The van der Waals surface area contributed by atoms with E-state index >= 15 is 0 Å². The molecule has 0 heterocycles. The van der Waals surface area contributed by atoms with E-state index in [2.05, 4.69) is 111 Å². The van der Waals surface area contributed by atoms with Gasteiger partial charge in [0, 0.05) is 13.0 Å². The third-order valence-corrected chi connectivity index (χ3v) is 7.90. The molecule has 0 bridgehead atoms. The molecule has 0 rings (SSSR count). The second kappa shape index (κ2) is 41.5. The van der Waals surface area contributed by atoms with Crippen LogP contribution < -0.4 is 0 Å². The van der Waals surface area contributed by atoms with Crippen molar-refractivity contribution in [1.82, 2.24) is 0 Å². The number of allylic oxidation sites excluding steroid dienone is 16. The van der Waals surface area contributed by atoms with Gasteiger partial charge < -0.3 is 14.6 Å². The standard InChI is InChI=1S/C45H74O4/c1-3-5-7-9-11-13-15-17-19-20-21-22-23-24-25-26-27-28-30-32-34-36-38-40-45(47)49-44(42-46)43-48-41-39-37-35-33-31-29-18-16-14-12-10-8-6-4-2/h5-8,11-14,17-19,21-22,29,33,35,44,46H,3-4,9-10,15-16,20,23-28,30-32,34,36-43H2,1-2H3/b7-5-,8-6-,13-11-,14-12-,19-17-,22-21-,29-18-,35-33-. The number of hydrogen-bond acceptors (Lipinski definition) is 4. The van der Waals surface area contributed by atoms with Crippen molar-refractivity contribution in [2.75, 3.05) is 19.8 Å². The molecule has 0 aliphatic heterocycles. The molecule has 0 aliphatic carbocycles. The summed E-state index contributed by atoms with van der Waals surface area (Å²) in [7, 11) is 0.